The zero-order valence-corrected chi connectivity index (χ0v) is 10.9. The van der Waals surface area contributed by atoms with Crippen molar-refractivity contribution in [2.45, 2.75) is 6.92 Å². The van der Waals surface area contributed by atoms with Crippen molar-refractivity contribution in [1.29, 1.82) is 0 Å². The lowest BCUT2D eigenvalue weighted by atomic mass is 10.1. The van der Waals surface area contributed by atoms with Gasteiger partial charge in [-0.15, -0.1) is 0 Å². The van der Waals surface area contributed by atoms with Gasteiger partial charge in [0.25, 0.3) is 5.78 Å². The van der Waals surface area contributed by atoms with Gasteiger partial charge in [0.1, 0.15) is 17.8 Å². The lowest BCUT2D eigenvalue weighted by molar-refractivity contribution is 0.0813. The molecule has 0 aliphatic carbocycles. The summed E-state index contributed by atoms with van der Waals surface area (Å²) in [5.74, 6) is -2.05. The second kappa shape index (κ2) is 4.86. The molecule has 0 atom stereocenters. The summed E-state index contributed by atoms with van der Waals surface area (Å²) in [6.45, 7) is 1.43. The lowest BCUT2D eigenvalue weighted by Crippen LogP contribution is -2.17. The van der Waals surface area contributed by atoms with Gasteiger partial charge in [-0.3, -0.25) is 9.59 Å². The summed E-state index contributed by atoms with van der Waals surface area (Å²) in [6.07, 6.45) is 2.76. The van der Waals surface area contributed by atoms with Crippen LogP contribution in [-0.4, -0.2) is 31.1 Å². The SMILES string of the molecule is Cc1nc(C(=O)C(=O)c2ccc3ncnn3c2)ccc1F. The molecular weight excluding hydrogens is 275 g/mol. The molecule has 0 radical (unpaired) electrons. The molecule has 21 heavy (non-hydrogen) atoms. The maximum atomic E-state index is 13.1. The fourth-order valence-corrected chi connectivity index (χ4v) is 1.87. The van der Waals surface area contributed by atoms with Gasteiger partial charge in [0.15, 0.2) is 5.65 Å². The number of halogens is 1. The van der Waals surface area contributed by atoms with Gasteiger partial charge in [0.05, 0.1) is 5.69 Å². The molecule has 0 aliphatic rings. The van der Waals surface area contributed by atoms with Gasteiger partial charge in [0.2, 0.25) is 5.78 Å². The van der Waals surface area contributed by atoms with Crippen LogP contribution in [0.3, 0.4) is 0 Å². The third-order valence-electron chi connectivity index (χ3n) is 3.00. The summed E-state index contributed by atoms with van der Waals surface area (Å²) in [5.41, 5.74) is 0.717. The Hall–Kier alpha value is -2.96. The number of hydrogen-bond donors (Lipinski definition) is 0. The van der Waals surface area contributed by atoms with Crippen molar-refractivity contribution in [2.75, 3.05) is 0 Å². The van der Waals surface area contributed by atoms with E-state index in [9.17, 15) is 14.0 Å². The van der Waals surface area contributed by atoms with Crippen LogP contribution in [0.25, 0.3) is 5.65 Å². The van der Waals surface area contributed by atoms with Crippen LogP contribution in [0.1, 0.15) is 26.5 Å². The zero-order valence-electron chi connectivity index (χ0n) is 10.9. The van der Waals surface area contributed by atoms with Gasteiger partial charge in [-0.25, -0.2) is 18.9 Å². The molecule has 3 heterocycles. The number of aryl methyl sites for hydroxylation is 1. The lowest BCUT2D eigenvalue weighted by Gasteiger charge is -2.02. The molecule has 3 aromatic heterocycles. The number of Topliss-reactive ketones (excluding diaryl/α,β-unsaturated/α-hetero) is 2. The topological polar surface area (TPSA) is 77.2 Å². The van der Waals surface area contributed by atoms with Crippen molar-refractivity contribution >= 4 is 17.2 Å². The average molecular weight is 284 g/mol. The van der Waals surface area contributed by atoms with Crippen molar-refractivity contribution in [2.24, 2.45) is 0 Å². The molecule has 3 aromatic rings. The molecule has 0 aliphatic heterocycles. The summed E-state index contributed by atoms with van der Waals surface area (Å²) in [7, 11) is 0. The minimum Gasteiger partial charge on any atom is -0.285 e. The minimum absolute atomic E-state index is 0.0698. The van der Waals surface area contributed by atoms with Gasteiger partial charge in [0, 0.05) is 11.8 Å². The molecule has 0 saturated carbocycles. The molecule has 0 bridgehead atoms. The average Bonchev–Trinajstić information content (AvgIpc) is 2.96. The smallest absolute Gasteiger partial charge is 0.251 e. The van der Waals surface area contributed by atoms with E-state index in [0.29, 0.717) is 5.65 Å². The summed E-state index contributed by atoms with van der Waals surface area (Å²) in [5, 5.41) is 3.90. The van der Waals surface area contributed by atoms with Gasteiger partial charge >= 0.3 is 0 Å². The highest BCUT2D eigenvalue weighted by molar-refractivity contribution is 6.48. The predicted octanol–water partition coefficient (Wildman–Crippen LogP) is 1.64. The first kappa shape index (κ1) is 13.0. The largest absolute Gasteiger partial charge is 0.285 e. The zero-order chi connectivity index (χ0) is 15.0. The number of hydrogen-bond acceptors (Lipinski definition) is 5. The first-order chi connectivity index (χ1) is 10.1. The Balaban J connectivity index is 1.96. The van der Waals surface area contributed by atoms with E-state index in [2.05, 4.69) is 15.1 Å². The first-order valence-corrected chi connectivity index (χ1v) is 6.08. The van der Waals surface area contributed by atoms with Crippen molar-refractivity contribution in [3.63, 3.8) is 0 Å². The van der Waals surface area contributed by atoms with Crippen LogP contribution in [0, 0.1) is 12.7 Å². The molecule has 6 nitrogen and oxygen atoms in total. The fourth-order valence-electron chi connectivity index (χ4n) is 1.87. The molecular formula is C14H9FN4O2. The first-order valence-electron chi connectivity index (χ1n) is 6.08. The van der Waals surface area contributed by atoms with Gasteiger partial charge in [-0.1, -0.05) is 0 Å². The number of nitrogens with zero attached hydrogens (tertiary/aromatic N) is 4. The molecule has 0 N–H and O–H groups in total. The molecule has 0 saturated heterocycles. The molecule has 0 spiro atoms. The maximum absolute atomic E-state index is 13.1. The summed E-state index contributed by atoms with van der Waals surface area (Å²) < 4.78 is 14.5. The summed E-state index contributed by atoms with van der Waals surface area (Å²) in [4.78, 5) is 32.0. The van der Waals surface area contributed by atoms with Crippen LogP contribution in [0.15, 0.2) is 36.8 Å². The normalized spacial score (nSPS) is 10.8. The van der Waals surface area contributed by atoms with Crippen molar-refractivity contribution in [3.05, 3.63) is 59.6 Å². The van der Waals surface area contributed by atoms with Crippen LogP contribution in [0.5, 0.6) is 0 Å². The van der Waals surface area contributed by atoms with Crippen molar-refractivity contribution in [1.82, 2.24) is 19.6 Å². The number of carbonyl (C=O) groups is 2. The van der Waals surface area contributed by atoms with Crippen LogP contribution < -0.4 is 0 Å². The number of rotatable bonds is 3. The van der Waals surface area contributed by atoms with Gasteiger partial charge in [-0.05, 0) is 31.2 Å². The van der Waals surface area contributed by atoms with Crippen LogP contribution in [-0.2, 0) is 0 Å². The van der Waals surface area contributed by atoms with Gasteiger partial charge < -0.3 is 0 Å². The van der Waals surface area contributed by atoms with E-state index < -0.39 is 17.4 Å². The molecule has 104 valence electrons. The highest BCUT2D eigenvalue weighted by Gasteiger charge is 2.21. The second-order valence-electron chi connectivity index (χ2n) is 4.40. The van der Waals surface area contributed by atoms with E-state index in [1.165, 1.54) is 36.1 Å². The standard InChI is InChI=1S/C14H9FN4O2/c1-8-10(15)3-4-11(18-8)14(21)13(20)9-2-5-12-16-7-17-19(12)6-9/h2-7H,1H3. The molecule has 0 fully saturated rings. The van der Waals surface area contributed by atoms with E-state index in [4.69, 9.17) is 0 Å². The third kappa shape index (κ3) is 2.29. The number of carbonyl (C=O) groups excluding carboxylic acids is 2. The van der Waals surface area contributed by atoms with E-state index >= 15 is 0 Å². The highest BCUT2D eigenvalue weighted by Crippen LogP contribution is 2.10. The van der Waals surface area contributed by atoms with Crippen LogP contribution in [0.4, 0.5) is 4.39 Å². The van der Waals surface area contributed by atoms with E-state index in [1.807, 2.05) is 0 Å². The quantitative estimate of drug-likeness (QED) is 0.539. The van der Waals surface area contributed by atoms with Crippen molar-refractivity contribution in [3.8, 4) is 0 Å². The highest BCUT2D eigenvalue weighted by atomic mass is 19.1. The van der Waals surface area contributed by atoms with Gasteiger partial charge in [-0.2, -0.15) is 5.10 Å². The Labute approximate surface area is 118 Å². The number of fused-ring (bicyclic) bond motifs is 1. The van der Waals surface area contributed by atoms with E-state index in [0.717, 1.165) is 6.07 Å². The Kier molecular flexibility index (Phi) is 3.02. The Morgan fingerprint density at radius 2 is 1.95 bits per heavy atom. The van der Waals surface area contributed by atoms with E-state index in [-0.39, 0.29) is 17.0 Å². The Morgan fingerprint density at radius 3 is 2.71 bits per heavy atom. The predicted molar refractivity (Wildman–Crippen MR) is 70.6 cm³/mol. The Bertz CT molecular complexity index is 872. The molecule has 7 heteroatoms. The summed E-state index contributed by atoms with van der Waals surface area (Å²) >= 11 is 0. The monoisotopic (exact) mass is 284 g/mol. The fraction of sp³-hybridized carbons (Fsp3) is 0.0714. The molecule has 0 aromatic carbocycles. The third-order valence-corrected chi connectivity index (χ3v) is 3.00. The molecule has 0 amide bonds. The maximum Gasteiger partial charge on any atom is 0.251 e. The van der Waals surface area contributed by atoms with E-state index in [1.54, 1.807) is 6.07 Å². The van der Waals surface area contributed by atoms with Crippen molar-refractivity contribution < 1.29 is 14.0 Å². The molecule has 3 rings (SSSR count). The Morgan fingerprint density at radius 1 is 1.14 bits per heavy atom. The molecule has 0 unspecified atom stereocenters. The number of ketones is 2. The minimum atomic E-state index is -0.794. The summed E-state index contributed by atoms with van der Waals surface area (Å²) in [6, 6.07) is 5.37. The second-order valence-corrected chi connectivity index (χ2v) is 4.40. The van der Waals surface area contributed by atoms with Crippen LogP contribution in [0.2, 0.25) is 0 Å². The number of aromatic nitrogens is 4. The number of pyridine rings is 2. The van der Waals surface area contributed by atoms with Crippen LogP contribution >= 0.6 is 0 Å².